The van der Waals surface area contributed by atoms with Crippen molar-refractivity contribution in [1.29, 1.82) is 0 Å². The Labute approximate surface area is 69.8 Å². The standard InChI is InChI=1S/C8H9NO3/c1-2-11-8(10)4-3-7-5-9-12-6-7/h3-6H,2H2,1H3. The second-order valence-corrected chi connectivity index (χ2v) is 2.04. The number of aromatic nitrogens is 1. The summed E-state index contributed by atoms with van der Waals surface area (Å²) in [7, 11) is 0. The van der Waals surface area contributed by atoms with Crippen LogP contribution in [0.3, 0.4) is 0 Å². The number of carbonyl (C=O) groups excluding carboxylic acids is 1. The van der Waals surface area contributed by atoms with Crippen molar-refractivity contribution in [3.05, 3.63) is 24.1 Å². The second kappa shape index (κ2) is 4.33. The average Bonchev–Trinajstić information content (AvgIpc) is 2.53. The van der Waals surface area contributed by atoms with Crippen LogP contribution in [0.25, 0.3) is 6.08 Å². The van der Waals surface area contributed by atoms with Crippen LogP contribution in [0.2, 0.25) is 0 Å². The molecule has 4 nitrogen and oxygen atoms in total. The van der Waals surface area contributed by atoms with E-state index in [2.05, 4.69) is 14.4 Å². The molecule has 0 N–H and O–H groups in total. The summed E-state index contributed by atoms with van der Waals surface area (Å²) in [5, 5.41) is 3.47. The second-order valence-electron chi connectivity index (χ2n) is 2.04. The van der Waals surface area contributed by atoms with Gasteiger partial charge in [-0.3, -0.25) is 0 Å². The molecule has 0 aliphatic heterocycles. The van der Waals surface area contributed by atoms with E-state index in [0.717, 1.165) is 5.56 Å². The molecule has 0 saturated carbocycles. The molecule has 0 spiro atoms. The molecule has 1 heterocycles. The molecule has 0 aromatic carbocycles. The lowest BCUT2D eigenvalue weighted by atomic mass is 10.3. The fraction of sp³-hybridized carbons (Fsp3) is 0.250. The van der Waals surface area contributed by atoms with Gasteiger partial charge in [-0.25, -0.2) is 4.79 Å². The number of esters is 1. The van der Waals surface area contributed by atoms with Crippen LogP contribution in [0.1, 0.15) is 12.5 Å². The van der Waals surface area contributed by atoms with E-state index in [4.69, 9.17) is 0 Å². The first kappa shape index (κ1) is 8.52. The maximum absolute atomic E-state index is 10.8. The van der Waals surface area contributed by atoms with E-state index in [1.54, 1.807) is 13.0 Å². The third-order valence-electron chi connectivity index (χ3n) is 1.15. The molecule has 0 aliphatic carbocycles. The van der Waals surface area contributed by atoms with E-state index in [9.17, 15) is 4.79 Å². The molecule has 64 valence electrons. The zero-order valence-corrected chi connectivity index (χ0v) is 6.69. The molecule has 0 saturated heterocycles. The highest BCUT2D eigenvalue weighted by atomic mass is 16.5. The van der Waals surface area contributed by atoms with Crippen LogP contribution < -0.4 is 0 Å². The first-order valence-corrected chi connectivity index (χ1v) is 3.57. The Morgan fingerprint density at radius 3 is 3.25 bits per heavy atom. The fourth-order valence-corrected chi connectivity index (χ4v) is 0.650. The summed E-state index contributed by atoms with van der Waals surface area (Å²) < 4.78 is 9.22. The minimum Gasteiger partial charge on any atom is -0.463 e. The molecule has 0 atom stereocenters. The molecule has 1 aromatic rings. The summed E-state index contributed by atoms with van der Waals surface area (Å²) in [6, 6.07) is 0. The predicted molar refractivity (Wildman–Crippen MR) is 42.2 cm³/mol. The first-order chi connectivity index (χ1) is 5.83. The van der Waals surface area contributed by atoms with Crippen LogP contribution in [-0.2, 0) is 9.53 Å². The zero-order valence-electron chi connectivity index (χ0n) is 6.69. The molecule has 0 unspecified atom stereocenters. The van der Waals surface area contributed by atoms with Gasteiger partial charge in [0.15, 0.2) is 0 Å². The van der Waals surface area contributed by atoms with Crippen molar-refractivity contribution in [3.63, 3.8) is 0 Å². The molecular weight excluding hydrogens is 158 g/mol. The lowest BCUT2D eigenvalue weighted by Gasteiger charge is -1.92. The minimum absolute atomic E-state index is 0.362. The monoisotopic (exact) mass is 167 g/mol. The van der Waals surface area contributed by atoms with E-state index in [-0.39, 0.29) is 5.97 Å². The van der Waals surface area contributed by atoms with Crippen LogP contribution in [0.5, 0.6) is 0 Å². The molecule has 0 bridgehead atoms. The lowest BCUT2D eigenvalue weighted by Crippen LogP contribution is -1.98. The third-order valence-corrected chi connectivity index (χ3v) is 1.15. The minimum atomic E-state index is -0.362. The van der Waals surface area contributed by atoms with Gasteiger partial charge in [-0.1, -0.05) is 5.16 Å². The van der Waals surface area contributed by atoms with Gasteiger partial charge >= 0.3 is 5.97 Å². The molecule has 4 heteroatoms. The van der Waals surface area contributed by atoms with Gasteiger partial charge in [-0.05, 0) is 13.0 Å². The highest BCUT2D eigenvalue weighted by Gasteiger charge is 1.94. The largest absolute Gasteiger partial charge is 0.463 e. The number of nitrogens with zero attached hydrogens (tertiary/aromatic N) is 1. The van der Waals surface area contributed by atoms with Gasteiger partial charge in [0.1, 0.15) is 6.26 Å². The van der Waals surface area contributed by atoms with Crippen molar-refractivity contribution >= 4 is 12.0 Å². The Hall–Kier alpha value is -1.58. The Bertz CT molecular complexity index is 264. The maximum atomic E-state index is 10.8. The normalized spacial score (nSPS) is 10.4. The summed E-state index contributed by atoms with van der Waals surface area (Å²) in [4.78, 5) is 10.8. The van der Waals surface area contributed by atoms with Crippen LogP contribution in [0, 0.1) is 0 Å². The van der Waals surface area contributed by atoms with Crippen molar-refractivity contribution < 1.29 is 14.1 Å². The summed E-state index contributed by atoms with van der Waals surface area (Å²) in [6.45, 7) is 2.14. The summed E-state index contributed by atoms with van der Waals surface area (Å²) in [5.74, 6) is -0.362. The Morgan fingerprint density at radius 2 is 2.67 bits per heavy atom. The summed E-state index contributed by atoms with van der Waals surface area (Å²) >= 11 is 0. The number of rotatable bonds is 3. The SMILES string of the molecule is CCOC(=O)C=Cc1cnoc1. The smallest absolute Gasteiger partial charge is 0.330 e. The van der Waals surface area contributed by atoms with Gasteiger partial charge in [0.05, 0.1) is 12.8 Å². The van der Waals surface area contributed by atoms with Crippen LogP contribution >= 0.6 is 0 Å². The number of hydrogen-bond acceptors (Lipinski definition) is 4. The number of hydrogen-bond donors (Lipinski definition) is 0. The van der Waals surface area contributed by atoms with Crippen molar-refractivity contribution in [1.82, 2.24) is 5.16 Å². The van der Waals surface area contributed by atoms with Crippen LogP contribution in [0.4, 0.5) is 0 Å². The van der Waals surface area contributed by atoms with E-state index in [1.807, 2.05) is 0 Å². The van der Waals surface area contributed by atoms with Gasteiger partial charge in [-0.15, -0.1) is 0 Å². The Morgan fingerprint density at radius 1 is 1.83 bits per heavy atom. The van der Waals surface area contributed by atoms with Crippen molar-refractivity contribution in [2.24, 2.45) is 0 Å². The van der Waals surface area contributed by atoms with E-state index in [0.29, 0.717) is 6.61 Å². The summed E-state index contributed by atoms with van der Waals surface area (Å²) in [6.07, 6.45) is 5.86. The van der Waals surface area contributed by atoms with Crippen molar-refractivity contribution in [3.8, 4) is 0 Å². The average molecular weight is 167 g/mol. The molecule has 0 radical (unpaired) electrons. The molecular formula is C8H9NO3. The van der Waals surface area contributed by atoms with Crippen molar-refractivity contribution in [2.45, 2.75) is 6.92 Å². The number of carbonyl (C=O) groups is 1. The van der Waals surface area contributed by atoms with Crippen LogP contribution in [0.15, 0.2) is 23.1 Å². The molecule has 12 heavy (non-hydrogen) atoms. The Kier molecular flexibility index (Phi) is 3.07. The maximum Gasteiger partial charge on any atom is 0.330 e. The predicted octanol–water partition coefficient (Wildman–Crippen LogP) is 1.25. The molecule has 1 aromatic heterocycles. The summed E-state index contributed by atoms with van der Waals surface area (Å²) in [5.41, 5.74) is 0.739. The highest BCUT2D eigenvalue weighted by molar-refractivity contribution is 5.86. The lowest BCUT2D eigenvalue weighted by molar-refractivity contribution is -0.137. The quantitative estimate of drug-likeness (QED) is 0.502. The fourth-order valence-electron chi connectivity index (χ4n) is 0.650. The van der Waals surface area contributed by atoms with Gasteiger partial charge < -0.3 is 9.26 Å². The number of ether oxygens (including phenoxy) is 1. The van der Waals surface area contributed by atoms with Crippen LogP contribution in [-0.4, -0.2) is 17.7 Å². The third kappa shape index (κ3) is 2.57. The van der Waals surface area contributed by atoms with E-state index < -0.39 is 0 Å². The molecule has 0 fully saturated rings. The van der Waals surface area contributed by atoms with Gasteiger partial charge in [0.25, 0.3) is 0 Å². The van der Waals surface area contributed by atoms with E-state index >= 15 is 0 Å². The highest BCUT2D eigenvalue weighted by Crippen LogP contribution is 1.99. The zero-order chi connectivity index (χ0) is 8.81. The molecule has 0 amide bonds. The molecule has 0 aliphatic rings. The first-order valence-electron chi connectivity index (χ1n) is 3.57. The van der Waals surface area contributed by atoms with Gasteiger partial charge in [0.2, 0.25) is 0 Å². The topological polar surface area (TPSA) is 52.3 Å². The Balaban J connectivity index is 2.45. The molecule has 1 rings (SSSR count). The van der Waals surface area contributed by atoms with Gasteiger partial charge in [-0.2, -0.15) is 0 Å². The van der Waals surface area contributed by atoms with Crippen molar-refractivity contribution in [2.75, 3.05) is 6.61 Å². The van der Waals surface area contributed by atoms with E-state index in [1.165, 1.54) is 18.5 Å². The van der Waals surface area contributed by atoms with Gasteiger partial charge in [0, 0.05) is 11.6 Å².